The molecular weight excluding hydrogens is 270 g/mol. The predicted octanol–water partition coefficient (Wildman–Crippen LogP) is 1.02. The molecule has 1 fully saturated rings. The maximum Gasteiger partial charge on any atom is 0.262 e. The number of fused-ring (bicyclic) bond motifs is 1. The highest BCUT2D eigenvalue weighted by molar-refractivity contribution is 5.99. The van der Waals surface area contributed by atoms with Crippen LogP contribution in [-0.2, 0) is 4.79 Å². The fourth-order valence-corrected chi connectivity index (χ4v) is 2.76. The van der Waals surface area contributed by atoms with Crippen molar-refractivity contribution >= 4 is 17.5 Å². The van der Waals surface area contributed by atoms with Crippen molar-refractivity contribution in [2.24, 2.45) is 5.73 Å². The van der Waals surface area contributed by atoms with Gasteiger partial charge in [0.05, 0.1) is 5.69 Å². The number of hydrogen-bond donors (Lipinski definition) is 3. The van der Waals surface area contributed by atoms with Crippen molar-refractivity contribution in [1.82, 2.24) is 5.32 Å². The summed E-state index contributed by atoms with van der Waals surface area (Å²) in [7, 11) is 0. The number of ether oxygens (including phenoxy) is 1. The number of anilines is 1. The number of carbonyl (C=O) groups is 2. The molecule has 1 aromatic rings. The molecule has 21 heavy (non-hydrogen) atoms. The van der Waals surface area contributed by atoms with Gasteiger partial charge in [0.15, 0.2) is 6.61 Å². The van der Waals surface area contributed by atoms with Crippen LogP contribution in [0.4, 0.5) is 5.69 Å². The smallest absolute Gasteiger partial charge is 0.262 e. The number of amides is 2. The number of rotatable bonds is 2. The van der Waals surface area contributed by atoms with Crippen LogP contribution >= 0.6 is 0 Å². The van der Waals surface area contributed by atoms with Crippen molar-refractivity contribution in [2.45, 2.75) is 37.8 Å². The first kappa shape index (κ1) is 13.9. The minimum atomic E-state index is -0.207. The van der Waals surface area contributed by atoms with Gasteiger partial charge in [-0.1, -0.05) is 0 Å². The number of benzene rings is 1. The van der Waals surface area contributed by atoms with Crippen LogP contribution in [0.15, 0.2) is 18.2 Å². The van der Waals surface area contributed by atoms with Crippen molar-refractivity contribution < 1.29 is 14.3 Å². The van der Waals surface area contributed by atoms with E-state index in [0.29, 0.717) is 17.0 Å². The molecule has 6 heteroatoms. The van der Waals surface area contributed by atoms with Crippen LogP contribution in [0.5, 0.6) is 5.75 Å². The van der Waals surface area contributed by atoms with Gasteiger partial charge in [-0.15, -0.1) is 0 Å². The van der Waals surface area contributed by atoms with E-state index in [9.17, 15) is 9.59 Å². The third-order valence-corrected chi connectivity index (χ3v) is 3.98. The third kappa shape index (κ3) is 3.16. The Morgan fingerprint density at radius 2 is 2.05 bits per heavy atom. The molecule has 0 aromatic heterocycles. The van der Waals surface area contributed by atoms with Crippen LogP contribution in [0.1, 0.15) is 36.0 Å². The van der Waals surface area contributed by atoms with E-state index in [1.54, 1.807) is 18.2 Å². The first-order chi connectivity index (χ1) is 10.1. The van der Waals surface area contributed by atoms with Crippen molar-refractivity contribution in [3.8, 4) is 5.75 Å². The summed E-state index contributed by atoms with van der Waals surface area (Å²) >= 11 is 0. The van der Waals surface area contributed by atoms with E-state index in [1.165, 1.54) is 0 Å². The van der Waals surface area contributed by atoms with E-state index in [4.69, 9.17) is 10.5 Å². The van der Waals surface area contributed by atoms with Gasteiger partial charge in [0.25, 0.3) is 11.8 Å². The molecule has 3 rings (SSSR count). The van der Waals surface area contributed by atoms with Crippen molar-refractivity contribution in [1.29, 1.82) is 0 Å². The van der Waals surface area contributed by atoms with E-state index in [1.807, 2.05) is 0 Å². The molecule has 0 unspecified atom stereocenters. The Morgan fingerprint density at radius 1 is 1.29 bits per heavy atom. The number of hydrogen-bond acceptors (Lipinski definition) is 4. The summed E-state index contributed by atoms with van der Waals surface area (Å²) in [5, 5.41) is 5.73. The zero-order valence-electron chi connectivity index (χ0n) is 11.7. The molecule has 0 bridgehead atoms. The van der Waals surface area contributed by atoms with Gasteiger partial charge < -0.3 is 21.1 Å². The van der Waals surface area contributed by atoms with E-state index in [2.05, 4.69) is 10.6 Å². The fourth-order valence-electron chi connectivity index (χ4n) is 2.76. The maximum atomic E-state index is 12.3. The van der Waals surface area contributed by atoms with Gasteiger partial charge in [-0.25, -0.2) is 0 Å². The van der Waals surface area contributed by atoms with Gasteiger partial charge in [-0.05, 0) is 43.9 Å². The third-order valence-electron chi connectivity index (χ3n) is 3.98. The molecule has 4 N–H and O–H groups in total. The Bertz CT molecular complexity index is 565. The second-order valence-electron chi connectivity index (χ2n) is 5.63. The second kappa shape index (κ2) is 5.73. The minimum absolute atomic E-state index is 0.0148. The lowest BCUT2D eigenvalue weighted by Gasteiger charge is -2.27. The number of nitrogens with one attached hydrogen (secondary N) is 2. The number of carbonyl (C=O) groups excluding carboxylic acids is 2. The van der Waals surface area contributed by atoms with Crippen LogP contribution in [0, 0.1) is 0 Å². The van der Waals surface area contributed by atoms with E-state index in [-0.39, 0.29) is 30.5 Å². The Morgan fingerprint density at radius 3 is 2.81 bits per heavy atom. The van der Waals surface area contributed by atoms with Gasteiger partial charge in [-0.2, -0.15) is 0 Å². The van der Waals surface area contributed by atoms with Crippen molar-refractivity contribution in [3.63, 3.8) is 0 Å². The van der Waals surface area contributed by atoms with Crippen molar-refractivity contribution in [2.75, 3.05) is 11.9 Å². The Balaban J connectivity index is 1.67. The highest BCUT2D eigenvalue weighted by atomic mass is 16.5. The van der Waals surface area contributed by atoms with Crippen LogP contribution in [-0.4, -0.2) is 30.5 Å². The summed E-state index contributed by atoms with van der Waals surface area (Å²) in [4.78, 5) is 23.6. The van der Waals surface area contributed by atoms with Crippen LogP contribution in [0.3, 0.4) is 0 Å². The van der Waals surface area contributed by atoms with E-state index < -0.39 is 0 Å². The Labute approximate surface area is 123 Å². The summed E-state index contributed by atoms with van der Waals surface area (Å²) in [6.07, 6.45) is 3.72. The van der Waals surface area contributed by atoms with Crippen molar-refractivity contribution in [3.05, 3.63) is 23.8 Å². The quantitative estimate of drug-likeness (QED) is 0.757. The molecule has 1 aliphatic carbocycles. The largest absolute Gasteiger partial charge is 0.482 e. The van der Waals surface area contributed by atoms with Gasteiger partial charge >= 0.3 is 0 Å². The summed E-state index contributed by atoms with van der Waals surface area (Å²) in [6, 6.07) is 5.50. The van der Waals surface area contributed by atoms with Crippen LogP contribution < -0.4 is 21.1 Å². The molecule has 2 aliphatic rings. The molecule has 112 valence electrons. The maximum absolute atomic E-state index is 12.3. The molecular formula is C15H19N3O3. The van der Waals surface area contributed by atoms with Crippen LogP contribution in [0.2, 0.25) is 0 Å². The SMILES string of the molecule is N[C@H]1CC[C@H](NC(=O)c2ccc3c(c2)NC(=O)CO3)CC1. The topological polar surface area (TPSA) is 93.5 Å². The lowest BCUT2D eigenvalue weighted by atomic mass is 9.91. The highest BCUT2D eigenvalue weighted by Crippen LogP contribution is 2.28. The van der Waals surface area contributed by atoms with E-state index in [0.717, 1.165) is 25.7 Å². The molecule has 0 saturated heterocycles. The summed E-state index contributed by atoms with van der Waals surface area (Å²) in [5.41, 5.74) is 6.93. The zero-order valence-corrected chi connectivity index (χ0v) is 11.7. The molecule has 0 spiro atoms. The van der Waals surface area contributed by atoms with Gasteiger partial charge in [0.2, 0.25) is 0 Å². The average Bonchev–Trinajstić information content (AvgIpc) is 2.48. The van der Waals surface area contributed by atoms with E-state index >= 15 is 0 Å². The Kier molecular flexibility index (Phi) is 3.79. The molecule has 1 aromatic carbocycles. The molecule has 1 heterocycles. The molecule has 6 nitrogen and oxygen atoms in total. The standard InChI is InChI=1S/C15H19N3O3/c16-10-2-4-11(5-3-10)17-15(20)9-1-6-13-12(7-9)18-14(19)8-21-13/h1,6-7,10-11H,2-5,8,16H2,(H,17,20)(H,18,19)/t10-,11-. The highest BCUT2D eigenvalue weighted by Gasteiger charge is 2.22. The van der Waals surface area contributed by atoms with Gasteiger partial charge in [0.1, 0.15) is 5.75 Å². The number of nitrogens with two attached hydrogens (primary N) is 1. The molecule has 0 atom stereocenters. The molecule has 1 saturated carbocycles. The monoisotopic (exact) mass is 289 g/mol. The summed E-state index contributed by atoms with van der Waals surface area (Å²) < 4.78 is 5.27. The predicted molar refractivity (Wildman–Crippen MR) is 78.3 cm³/mol. The average molecular weight is 289 g/mol. The Hall–Kier alpha value is -2.08. The summed E-state index contributed by atoms with van der Waals surface area (Å²) in [5.74, 6) is 0.259. The van der Waals surface area contributed by atoms with Gasteiger partial charge in [-0.3, -0.25) is 9.59 Å². The lowest BCUT2D eigenvalue weighted by molar-refractivity contribution is -0.118. The lowest BCUT2D eigenvalue weighted by Crippen LogP contribution is -2.40. The second-order valence-corrected chi connectivity index (χ2v) is 5.63. The first-order valence-electron chi connectivity index (χ1n) is 7.25. The normalized spacial score (nSPS) is 24.5. The zero-order chi connectivity index (χ0) is 14.8. The molecule has 2 amide bonds. The van der Waals surface area contributed by atoms with Crippen LogP contribution in [0.25, 0.3) is 0 Å². The molecule has 1 aliphatic heterocycles. The minimum Gasteiger partial charge on any atom is -0.482 e. The van der Waals surface area contributed by atoms with Gasteiger partial charge in [0, 0.05) is 17.6 Å². The fraction of sp³-hybridized carbons (Fsp3) is 0.467. The molecule has 0 radical (unpaired) electrons. The first-order valence-corrected chi connectivity index (χ1v) is 7.25. The summed E-state index contributed by atoms with van der Waals surface area (Å²) in [6.45, 7) is 0.0148.